The zero-order valence-electron chi connectivity index (χ0n) is 22.8. The van der Waals surface area contributed by atoms with Gasteiger partial charge in [0.1, 0.15) is 18.2 Å². The lowest BCUT2D eigenvalue weighted by atomic mass is 9.46. The van der Waals surface area contributed by atoms with Crippen LogP contribution in [0.25, 0.3) is 0 Å². The number of carbonyl (C=O) groups is 2. The van der Waals surface area contributed by atoms with Gasteiger partial charge in [-0.15, -0.1) is 0 Å². The maximum Gasteiger partial charge on any atom is 0.205 e. The van der Waals surface area contributed by atoms with E-state index < -0.39 is 40.7 Å². The van der Waals surface area contributed by atoms with Gasteiger partial charge in [0, 0.05) is 22.8 Å². The SMILES string of the molecule is CCC[C@@H]1OC2CC3C4CCC5=CC(=O)C=C[C@@]5(C)C4C(O)CC3(C)C2(C(=O)COc2ccc(N)c(F)c2)O1. The number of rotatable bonds is 6. The molecule has 0 spiro atoms. The first kappa shape index (κ1) is 26.7. The molecule has 0 radical (unpaired) electrons. The third kappa shape index (κ3) is 3.78. The van der Waals surface area contributed by atoms with E-state index >= 15 is 0 Å². The molecule has 1 aromatic carbocycles. The maximum atomic E-state index is 14.2. The Bertz CT molecular complexity index is 1260. The Morgan fingerprint density at radius 2 is 2.10 bits per heavy atom. The summed E-state index contributed by atoms with van der Waals surface area (Å²) in [6, 6.07) is 4.12. The number of hydrogen-bond donors (Lipinski definition) is 2. The Balaban J connectivity index is 1.34. The monoisotopic (exact) mass is 539 g/mol. The van der Waals surface area contributed by atoms with Crippen LogP contribution in [0.4, 0.5) is 10.1 Å². The van der Waals surface area contributed by atoms with E-state index in [9.17, 15) is 19.1 Å². The van der Waals surface area contributed by atoms with Crippen molar-refractivity contribution in [1.29, 1.82) is 0 Å². The third-order valence-electron chi connectivity index (χ3n) is 10.6. The van der Waals surface area contributed by atoms with E-state index in [4.69, 9.17) is 19.9 Å². The molecule has 0 bridgehead atoms. The molecule has 4 fully saturated rings. The highest BCUT2D eigenvalue weighted by Crippen LogP contribution is 2.69. The molecule has 7 unspecified atom stereocenters. The van der Waals surface area contributed by atoms with E-state index in [0.717, 1.165) is 24.8 Å². The van der Waals surface area contributed by atoms with Gasteiger partial charge in [-0.05, 0) is 68.2 Å². The number of ketones is 2. The normalized spacial score (nSPS) is 42.3. The van der Waals surface area contributed by atoms with Crippen LogP contribution in [0.5, 0.6) is 5.75 Å². The van der Waals surface area contributed by atoms with Crippen molar-refractivity contribution < 1.29 is 33.3 Å². The molecular formula is C31H38FNO6. The van der Waals surface area contributed by atoms with Gasteiger partial charge in [-0.1, -0.05) is 38.8 Å². The van der Waals surface area contributed by atoms with Crippen molar-refractivity contribution >= 4 is 17.3 Å². The molecule has 3 saturated carbocycles. The van der Waals surface area contributed by atoms with Crippen LogP contribution in [-0.4, -0.2) is 47.4 Å². The number of Topliss-reactive ketones (excluding diaryl/α,β-unsaturated/α-hetero) is 1. The fourth-order valence-electron chi connectivity index (χ4n) is 8.86. The van der Waals surface area contributed by atoms with Gasteiger partial charge in [0.05, 0.1) is 17.9 Å². The number of aliphatic hydroxyl groups excluding tert-OH is 1. The van der Waals surface area contributed by atoms with Crippen molar-refractivity contribution in [2.45, 2.75) is 83.4 Å². The molecule has 4 aliphatic carbocycles. The van der Waals surface area contributed by atoms with E-state index in [0.29, 0.717) is 19.3 Å². The second-order valence-corrected chi connectivity index (χ2v) is 12.5. The molecule has 1 saturated heterocycles. The fraction of sp³-hybridized carbons (Fsp3) is 0.613. The predicted octanol–water partition coefficient (Wildman–Crippen LogP) is 4.52. The van der Waals surface area contributed by atoms with Gasteiger partial charge in [0.15, 0.2) is 17.7 Å². The summed E-state index contributed by atoms with van der Waals surface area (Å²) >= 11 is 0. The number of nitrogen functional groups attached to an aromatic ring is 1. The van der Waals surface area contributed by atoms with Gasteiger partial charge in [-0.25, -0.2) is 4.39 Å². The number of hydrogen-bond acceptors (Lipinski definition) is 7. The van der Waals surface area contributed by atoms with Gasteiger partial charge in [0.2, 0.25) is 5.78 Å². The number of benzene rings is 1. The van der Waals surface area contributed by atoms with Crippen LogP contribution in [0.2, 0.25) is 0 Å². The van der Waals surface area contributed by atoms with Crippen LogP contribution in [0, 0.1) is 34.4 Å². The number of fused-ring (bicyclic) bond motifs is 7. The molecule has 1 heterocycles. The van der Waals surface area contributed by atoms with Gasteiger partial charge in [-0.3, -0.25) is 9.59 Å². The standard InChI is InChI=1S/C31H38FNO6/c1-4-5-27-38-26-14-21-20-8-6-17-12-18(34)10-11-29(17,2)28(20)24(35)15-30(21,3)31(26,39-27)25(36)16-37-19-7-9-23(33)22(32)13-19/h7,9-13,20-21,24,26-28,35H,4-6,8,14-16,33H2,1-3H3/t20?,21?,24?,26?,27-,28?,29-,30?,31?/m1/s1. The van der Waals surface area contributed by atoms with E-state index in [-0.39, 0.29) is 47.4 Å². The lowest BCUT2D eigenvalue weighted by molar-refractivity contribution is -0.200. The summed E-state index contributed by atoms with van der Waals surface area (Å²) in [5, 5.41) is 11.8. The van der Waals surface area contributed by atoms with Crippen LogP contribution in [0.3, 0.4) is 0 Å². The van der Waals surface area contributed by atoms with Gasteiger partial charge in [-0.2, -0.15) is 0 Å². The van der Waals surface area contributed by atoms with Crippen LogP contribution in [0.1, 0.15) is 59.3 Å². The minimum Gasteiger partial charge on any atom is -0.486 e. The second-order valence-electron chi connectivity index (χ2n) is 12.5. The number of ether oxygens (including phenoxy) is 3. The summed E-state index contributed by atoms with van der Waals surface area (Å²) in [6.45, 7) is 5.95. The molecule has 9 atom stereocenters. The van der Waals surface area contributed by atoms with Crippen molar-refractivity contribution in [1.82, 2.24) is 0 Å². The molecule has 210 valence electrons. The average molecular weight is 540 g/mol. The largest absolute Gasteiger partial charge is 0.486 e. The van der Waals surface area contributed by atoms with Crippen molar-refractivity contribution in [3.8, 4) is 5.75 Å². The number of carbonyl (C=O) groups excluding carboxylic acids is 2. The first-order chi connectivity index (χ1) is 18.5. The molecular weight excluding hydrogens is 501 g/mol. The first-order valence-electron chi connectivity index (χ1n) is 14.2. The fourth-order valence-corrected chi connectivity index (χ4v) is 8.86. The minimum absolute atomic E-state index is 0.000704. The first-order valence-corrected chi connectivity index (χ1v) is 14.2. The lowest BCUT2D eigenvalue weighted by Crippen LogP contribution is -2.63. The van der Waals surface area contributed by atoms with Crippen LogP contribution < -0.4 is 10.5 Å². The highest BCUT2D eigenvalue weighted by atomic mass is 19.1. The molecule has 5 aliphatic rings. The van der Waals surface area contributed by atoms with Crippen molar-refractivity contribution in [2.75, 3.05) is 12.3 Å². The maximum absolute atomic E-state index is 14.2. The predicted molar refractivity (Wildman–Crippen MR) is 142 cm³/mol. The van der Waals surface area contributed by atoms with Gasteiger partial charge in [0.25, 0.3) is 0 Å². The Morgan fingerprint density at radius 1 is 1.31 bits per heavy atom. The average Bonchev–Trinajstić information content (AvgIpc) is 3.37. The number of halogens is 1. The zero-order valence-corrected chi connectivity index (χ0v) is 22.8. The zero-order chi connectivity index (χ0) is 27.7. The summed E-state index contributed by atoms with van der Waals surface area (Å²) in [5.41, 5.74) is 4.33. The molecule has 39 heavy (non-hydrogen) atoms. The van der Waals surface area contributed by atoms with Crippen molar-refractivity contribution in [2.24, 2.45) is 28.6 Å². The Morgan fingerprint density at radius 3 is 2.85 bits per heavy atom. The van der Waals surface area contributed by atoms with Gasteiger partial charge >= 0.3 is 0 Å². The topological polar surface area (TPSA) is 108 Å². The van der Waals surface area contributed by atoms with Crippen molar-refractivity contribution in [3.05, 3.63) is 47.8 Å². The van der Waals surface area contributed by atoms with Crippen LogP contribution in [0.15, 0.2) is 42.0 Å². The Kier molecular flexibility index (Phi) is 6.32. The number of nitrogens with two attached hydrogens (primary N) is 1. The molecule has 0 aromatic heterocycles. The Hall–Kier alpha value is -2.55. The molecule has 1 aromatic rings. The van der Waals surface area contributed by atoms with E-state index in [1.165, 1.54) is 18.2 Å². The molecule has 0 amide bonds. The lowest BCUT2D eigenvalue weighted by Gasteiger charge is -2.59. The second kappa shape index (κ2) is 9.25. The summed E-state index contributed by atoms with van der Waals surface area (Å²) in [5.74, 6) is -0.476. The molecule has 6 rings (SSSR count). The van der Waals surface area contributed by atoms with E-state index in [1.807, 2.05) is 13.0 Å². The summed E-state index contributed by atoms with van der Waals surface area (Å²) in [6.07, 6.45) is 7.86. The van der Waals surface area contributed by atoms with Crippen molar-refractivity contribution in [3.63, 3.8) is 0 Å². The smallest absolute Gasteiger partial charge is 0.205 e. The Labute approximate surface area is 228 Å². The number of allylic oxidation sites excluding steroid dienone is 4. The molecule has 1 aliphatic heterocycles. The quantitative estimate of drug-likeness (QED) is 0.512. The summed E-state index contributed by atoms with van der Waals surface area (Å²) in [7, 11) is 0. The number of aliphatic hydroxyl groups is 1. The summed E-state index contributed by atoms with van der Waals surface area (Å²) < 4.78 is 32.9. The van der Waals surface area contributed by atoms with E-state index in [1.54, 1.807) is 12.2 Å². The molecule has 3 N–H and O–H groups in total. The summed E-state index contributed by atoms with van der Waals surface area (Å²) in [4.78, 5) is 26.3. The highest BCUT2D eigenvalue weighted by molar-refractivity contribution is 6.01. The van der Waals surface area contributed by atoms with Gasteiger partial charge < -0.3 is 25.1 Å². The molecule has 8 heteroatoms. The van der Waals surface area contributed by atoms with E-state index in [2.05, 4.69) is 13.8 Å². The third-order valence-corrected chi connectivity index (χ3v) is 10.6. The van der Waals surface area contributed by atoms with Crippen LogP contribution >= 0.6 is 0 Å². The number of anilines is 1. The highest BCUT2D eigenvalue weighted by Gasteiger charge is 2.75. The molecule has 7 nitrogen and oxygen atoms in total. The minimum atomic E-state index is -1.27. The van der Waals surface area contributed by atoms with Crippen LogP contribution in [-0.2, 0) is 19.1 Å².